The van der Waals surface area contributed by atoms with Crippen molar-refractivity contribution >= 4 is 109 Å². The maximum absolute atomic E-state index is 6.97. The Morgan fingerprint density at radius 1 is 0.288 bits per heavy atom. The lowest BCUT2D eigenvalue weighted by molar-refractivity contribution is 0.668. The zero-order valence-electron chi connectivity index (χ0n) is 35.0. The molecule has 0 N–H and O–H groups in total. The maximum Gasteiger partial charge on any atom is 0.164 e. The van der Waals surface area contributed by atoms with Crippen molar-refractivity contribution in [3.05, 3.63) is 194 Å². The van der Waals surface area contributed by atoms with E-state index in [1.54, 1.807) is 0 Å². The molecule has 7 heteroatoms. The molecule has 0 fully saturated rings. The highest BCUT2D eigenvalue weighted by Crippen LogP contribution is 2.44. The first kappa shape index (κ1) is 35.4. The molecule has 0 atom stereocenters. The SMILES string of the molecule is c1ccc2cc3c(cc2c1)oc1cc(-n2c4ccccc4c4cc5ccccc5cc42)cc(-c2nc(-c4cccc5oc6ccccc6c45)nc(-c4cccc5oc6ccccc6c45)n2)c13. The molecule has 0 aliphatic heterocycles. The summed E-state index contributed by atoms with van der Waals surface area (Å²) >= 11 is 0. The van der Waals surface area contributed by atoms with Crippen molar-refractivity contribution in [1.29, 1.82) is 0 Å². The number of benzene rings is 10. The molecule has 0 bridgehead atoms. The lowest BCUT2D eigenvalue weighted by Gasteiger charge is -2.13. The topological polar surface area (TPSA) is 83.0 Å². The third-order valence-corrected chi connectivity index (χ3v) is 13.4. The van der Waals surface area contributed by atoms with Gasteiger partial charge in [-0.3, -0.25) is 0 Å². The Balaban J connectivity index is 1.09. The molecule has 7 nitrogen and oxygen atoms in total. The van der Waals surface area contributed by atoms with Gasteiger partial charge in [-0.15, -0.1) is 0 Å². The minimum absolute atomic E-state index is 0.513. The first-order valence-corrected chi connectivity index (χ1v) is 22.1. The van der Waals surface area contributed by atoms with Gasteiger partial charge in [-0.2, -0.15) is 0 Å². The lowest BCUT2D eigenvalue weighted by atomic mass is 10.0. The van der Waals surface area contributed by atoms with E-state index in [2.05, 4.69) is 138 Å². The third kappa shape index (κ3) is 5.05. The van der Waals surface area contributed by atoms with Crippen molar-refractivity contribution in [3.8, 4) is 39.9 Å². The highest BCUT2D eigenvalue weighted by molar-refractivity contribution is 6.18. The molecule has 5 heterocycles. The summed E-state index contributed by atoms with van der Waals surface area (Å²) in [7, 11) is 0. The van der Waals surface area contributed by atoms with Crippen LogP contribution in [0, 0.1) is 0 Å². The van der Waals surface area contributed by atoms with E-state index in [0.29, 0.717) is 17.5 Å². The quantitative estimate of drug-likeness (QED) is 0.175. The third-order valence-electron chi connectivity index (χ3n) is 13.4. The summed E-state index contributed by atoms with van der Waals surface area (Å²) < 4.78 is 22.2. The number of fused-ring (bicyclic) bond motifs is 14. The molecule has 0 spiro atoms. The number of hydrogen-bond donors (Lipinski definition) is 0. The molecule has 0 amide bonds. The van der Waals surface area contributed by atoms with Crippen LogP contribution in [0.3, 0.4) is 0 Å². The van der Waals surface area contributed by atoms with Crippen molar-refractivity contribution in [2.24, 2.45) is 0 Å². The Morgan fingerprint density at radius 3 is 1.39 bits per heavy atom. The molecular formula is C59H32N4O3. The highest BCUT2D eigenvalue weighted by atomic mass is 16.3. The van der Waals surface area contributed by atoms with Gasteiger partial charge in [0.25, 0.3) is 0 Å². The van der Waals surface area contributed by atoms with Crippen LogP contribution in [0.1, 0.15) is 0 Å². The number of rotatable bonds is 4. The van der Waals surface area contributed by atoms with Gasteiger partial charge in [-0.05, 0) is 82.2 Å². The number of furan rings is 3. The molecule has 0 aliphatic rings. The van der Waals surface area contributed by atoms with Gasteiger partial charge >= 0.3 is 0 Å². The fraction of sp³-hybridized carbons (Fsp3) is 0. The summed E-state index contributed by atoms with van der Waals surface area (Å²) in [6.07, 6.45) is 0. The molecule has 0 aliphatic carbocycles. The second-order valence-corrected chi connectivity index (χ2v) is 17.1. The minimum atomic E-state index is 0.513. The monoisotopic (exact) mass is 844 g/mol. The fourth-order valence-corrected chi connectivity index (χ4v) is 10.5. The standard InChI is InChI=1S/C59H32N4O3/c1-3-15-35-29-47-43(27-33(35)13-1)38-17-5-8-22-46(38)63(47)37-31-45(56-44-28-34-14-2-4-16-36(34)30-52(44)66-53(56)32-37)59-61-57(41-20-11-25-50-54(41)39-18-6-9-23-48(39)64-50)60-58(62-59)42-21-12-26-51-55(42)40-19-7-10-24-49(40)65-51/h1-32H. The molecule has 5 aromatic heterocycles. The molecule has 66 heavy (non-hydrogen) atoms. The van der Waals surface area contributed by atoms with Crippen molar-refractivity contribution in [2.45, 2.75) is 0 Å². The van der Waals surface area contributed by atoms with Crippen LogP contribution in [0.2, 0.25) is 0 Å². The molecule has 306 valence electrons. The van der Waals surface area contributed by atoms with E-state index in [1.807, 2.05) is 60.7 Å². The number of aromatic nitrogens is 4. The summed E-state index contributed by atoms with van der Waals surface area (Å²) in [5.74, 6) is 1.56. The number of para-hydroxylation sites is 3. The summed E-state index contributed by atoms with van der Waals surface area (Å²) in [6.45, 7) is 0. The summed E-state index contributed by atoms with van der Waals surface area (Å²) in [4.78, 5) is 16.4. The summed E-state index contributed by atoms with van der Waals surface area (Å²) in [5.41, 5.74) is 10.3. The highest BCUT2D eigenvalue weighted by Gasteiger charge is 2.25. The number of hydrogen-bond acceptors (Lipinski definition) is 6. The van der Waals surface area contributed by atoms with Crippen LogP contribution >= 0.6 is 0 Å². The van der Waals surface area contributed by atoms with Crippen molar-refractivity contribution in [1.82, 2.24) is 19.5 Å². The Hall–Kier alpha value is -9.07. The van der Waals surface area contributed by atoms with E-state index in [-0.39, 0.29) is 0 Å². The molecule has 0 saturated heterocycles. The average Bonchev–Trinajstić information content (AvgIpc) is 4.13. The van der Waals surface area contributed by atoms with E-state index < -0.39 is 0 Å². The van der Waals surface area contributed by atoms with Crippen LogP contribution in [0.25, 0.3) is 149 Å². The van der Waals surface area contributed by atoms with Gasteiger partial charge in [0, 0.05) is 65.8 Å². The van der Waals surface area contributed by atoms with Crippen molar-refractivity contribution < 1.29 is 13.3 Å². The molecule has 15 rings (SSSR count). The molecule has 15 aromatic rings. The van der Waals surface area contributed by atoms with Crippen LogP contribution in [0.4, 0.5) is 0 Å². The van der Waals surface area contributed by atoms with Crippen LogP contribution in [-0.4, -0.2) is 19.5 Å². The van der Waals surface area contributed by atoms with Gasteiger partial charge in [0.1, 0.15) is 33.5 Å². The van der Waals surface area contributed by atoms with Gasteiger partial charge in [0.2, 0.25) is 0 Å². The van der Waals surface area contributed by atoms with Crippen LogP contribution in [0.15, 0.2) is 207 Å². The van der Waals surface area contributed by atoms with Crippen LogP contribution < -0.4 is 0 Å². The van der Waals surface area contributed by atoms with Crippen LogP contribution in [-0.2, 0) is 0 Å². The normalized spacial score (nSPS) is 12.2. The van der Waals surface area contributed by atoms with Gasteiger partial charge in [-0.25, -0.2) is 15.0 Å². The first-order valence-electron chi connectivity index (χ1n) is 22.1. The van der Waals surface area contributed by atoms with E-state index in [1.165, 1.54) is 21.5 Å². The Bertz CT molecular complexity index is 4420. The van der Waals surface area contributed by atoms with Gasteiger partial charge in [0.05, 0.1) is 16.7 Å². The van der Waals surface area contributed by atoms with Crippen LogP contribution in [0.5, 0.6) is 0 Å². The Kier molecular flexibility index (Phi) is 7.10. The smallest absolute Gasteiger partial charge is 0.164 e. The molecule has 10 aromatic carbocycles. The van der Waals surface area contributed by atoms with Gasteiger partial charge in [0.15, 0.2) is 17.5 Å². The van der Waals surface area contributed by atoms with Crippen molar-refractivity contribution in [3.63, 3.8) is 0 Å². The zero-order chi connectivity index (χ0) is 43.0. The Labute approximate surface area is 374 Å². The van der Waals surface area contributed by atoms with Gasteiger partial charge in [-0.1, -0.05) is 127 Å². The summed E-state index contributed by atoms with van der Waals surface area (Å²) in [5, 5.41) is 12.7. The van der Waals surface area contributed by atoms with E-state index in [9.17, 15) is 0 Å². The molecule has 0 saturated carbocycles. The van der Waals surface area contributed by atoms with E-state index in [4.69, 9.17) is 28.2 Å². The van der Waals surface area contributed by atoms with E-state index >= 15 is 0 Å². The predicted molar refractivity (Wildman–Crippen MR) is 267 cm³/mol. The second-order valence-electron chi connectivity index (χ2n) is 17.1. The molecule has 0 unspecified atom stereocenters. The van der Waals surface area contributed by atoms with Gasteiger partial charge < -0.3 is 17.8 Å². The molecule has 0 radical (unpaired) electrons. The van der Waals surface area contributed by atoms with Crippen molar-refractivity contribution in [2.75, 3.05) is 0 Å². The maximum atomic E-state index is 6.97. The predicted octanol–water partition coefficient (Wildman–Crippen LogP) is 16.0. The first-order chi connectivity index (χ1) is 32.7. The molecular weight excluding hydrogens is 813 g/mol. The lowest BCUT2D eigenvalue weighted by Crippen LogP contribution is -2.02. The summed E-state index contributed by atoms with van der Waals surface area (Å²) in [6, 6.07) is 67.4. The average molecular weight is 845 g/mol. The Morgan fingerprint density at radius 2 is 0.758 bits per heavy atom. The minimum Gasteiger partial charge on any atom is -0.456 e. The number of nitrogens with zero attached hydrogens (tertiary/aromatic N) is 4. The zero-order valence-corrected chi connectivity index (χ0v) is 35.0. The fourth-order valence-electron chi connectivity index (χ4n) is 10.5. The second kappa shape index (κ2) is 13.2. The van der Waals surface area contributed by atoms with E-state index in [0.717, 1.165) is 110 Å². The largest absolute Gasteiger partial charge is 0.456 e.